The summed E-state index contributed by atoms with van der Waals surface area (Å²) in [7, 11) is 2.04. The summed E-state index contributed by atoms with van der Waals surface area (Å²) in [4.78, 5) is 2.21. The number of halogens is 1. The van der Waals surface area contributed by atoms with Gasteiger partial charge in [-0.05, 0) is 31.9 Å². The average molecular weight is 280 g/mol. The van der Waals surface area contributed by atoms with Gasteiger partial charge in [-0.25, -0.2) is 4.39 Å². The van der Waals surface area contributed by atoms with E-state index in [1.54, 1.807) is 6.07 Å². The van der Waals surface area contributed by atoms with Gasteiger partial charge in [0.25, 0.3) is 0 Å². The minimum absolute atomic E-state index is 0.0818. The summed E-state index contributed by atoms with van der Waals surface area (Å²) in [5, 5.41) is 0. The minimum Gasteiger partial charge on any atom is -0.326 e. The molecule has 3 atom stereocenters. The first kappa shape index (κ1) is 17.1. The molecule has 0 saturated heterocycles. The van der Waals surface area contributed by atoms with E-state index in [9.17, 15) is 4.39 Å². The zero-order valence-electron chi connectivity index (χ0n) is 13.7. The summed E-state index contributed by atoms with van der Waals surface area (Å²) in [5.74, 6) is -0.172. The smallest absolute Gasteiger partial charge is 0.128 e. The third kappa shape index (κ3) is 3.80. The Labute approximate surface area is 123 Å². The maximum atomic E-state index is 14.2. The summed E-state index contributed by atoms with van der Waals surface area (Å²) in [6.07, 6.45) is 0.820. The van der Waals surface area contributed by atoms with E-state index in [4.69, 9.17) is 5.73 Å². The van der Waals surface area contributed by atoms with Gasteiger partial charge in [-0.1, -0.05) is 45.9 Å². The van der Waals surface area contributed by atoms with Gasteiger partial charge in [-0.3, -0.25) is 4.90 Å². The van der Waals surface area contributed by atoms with Gasteiger partial charge in [-0.2, -0.15) is 0 Å². The molecule has 2 N–H and O–H groups in total. The third-order valence-electron chi connectivity index (χ3n) is 4.40. The van der Waals surface area contributed by atoms with Crippen LogP contribution in [0.3, 0.4) is 0 Å². The van der Waals surface area contributed by atoms with Gasteiger partial charge in [0.05, 0.1) is 6.04 Å². The summed E-state index contributed by atoms with van der Waals surface area (Å²) in [6, 6.07) is 7.08. The largest absolute Gasteiger partial charge is 0.326 e. The van der Waals surface area contributed by atoms with Crippen LogP contribution in [0.1, 0.15) is 52.6 Å². The van der Waals surface area contributed by atoms with E-state index in [1.165, 1.54) is 6.07 Å². The van der Waals surface area contributed by atoms with Crippen LogP contribution in [-0.2, 0) is 0 Å². The molecule has 0 saturated carbocycles. The fourth-order valence-corrected chi connectivity index (χ4v) is 2.54. The maximum absolute atomic E-state index is 14.2. The Morgan fingerprint density at radius 3 is 2.25 bits per heavy atom. The Kier molecular flexibility index (Phi) is 5.72. The topological polar surface area (TPSA) is 29.3 Å². The molecule has 20 heavy (non-hydrogen) atoms. The molecule has 1 aromatic carbocycles. The van der Waals surface area contributed by atoms with E-state index in [-0.39, 0.29) is 23.3 Å². The average Bonchev–Trinajstić information content (AvgIpc) is 2.38. The Balaban J connectivity index is 3.17. The van der Waals surface area contributed by atoms with Gasteiger partial charge in [0, 0.05) is 17.6 Å². The van der Waals surface area contributed by atoms with Crippen molar-refractivity contribution < 1.29 is 4.39 Å². The molecule has 1 rings (SSSR count). The number of nitrogens with two attached hydrogens (primary N) is 1. The molecule has 114 valence electrons. The summed E-state index contributed by atoms with van der Waals surface area (Å²) < 4.78 is 14.2. The van der Waals surface area contributed by atoms with Gasteiger partial charge < -0.3 is 5.73 Å². The predicted molar refractivity (Wildman–Crippen MR) is 84.1 cm³/mol. The van der Waals surface area contributed by atoms with Crippen LogP contribution < -0.4 is 5.73 Å². The van der Waals surface area contributed by atoms with Gasteiger partial charge in [0.1, 0.15) is 5.82 Å². The second-order valence-corrected chi connectivity index (χ2v) is 6.75. The quantitative estimate of drug-likeness (QED) is 0.884. The van der Waals surface area contributed by atoms with Gasteiger partial charge in [-0.15, -0.1) is 0 Å². The van der Waals surface area contributed by atoms with E-state index < -0.39 is 0 Å². The standard InChI is InChI=1S/C17H29FN2/c1-7-15(19)16(13-10-8-9-11-14(13)18)20(6)12(2)17(3,4)5/h8-12,15-16H,7,19H2,1-6H3. The number of nitrogens with zero attached hydrogens (tertiary/aromatic N) is 1. The molecule has 0 amide bonds. The molecule has 0 aromatic heterocycles. The van der Waals surface area contributed by atoms with Crippen molar-refractivity contribution in [3.63, 3.8) is 0 Å². The molecule has 0 radical (unpaired) electrons. The molecular formula is C17H29FN2. The molecule has 0 fully saturated rings. The van der Waals surface area contributed by atoms with Crippen molar-refractivity contribution in [2.45, 2.75) is 59.2 Å². The van der Waals surface area contributed by atoms with E-state index >= 15 is 0 Å². The van der Waals surface area contributed by atoms with Gasteiger partial charge in [0.2, 0.25) is 0 Å². The van der Waals surface area contributed by atoms with E-state index in [0.29, 0.717) is 11.6 Å². The summed E-state index contributed by atoms with van der Waals surface area (Å²) >= 11 is 0. The van der Waals surface area contributed by atoms with Gasteiger partial charge in [0.15, 0.2) is 0 Å². The highest BCUT2D eigenvalue weighted by Crippen LogP contribution is 2.33. The van der Waals surface area contributed by atoms with Crippen molar-refractivity contribution in [3.8, 4) is 0 Å². The van der Waals surface area contributed by atoms with Crippen LogP contribution in [-0.4, -0.2) is 24.0 Å². The highest BCUT2D eigenvalue weighted by molar-refractivity contribution is 5.23. The van der Waals surface area contributed by atoms with Crippen molar-refractivity contribution in [1.82, 2.24) is 4.90 Å². The van der Waals surface area contributed by atoms with E-state index in [0.717, 1.165) is 6.42 Å². The lowest BCUT2D eigenvalue weighted by molar-refractivity contribution is 0.0813. The van der Waals surface area contributed by atoms with Crippen molar-refractivity contribution in [2.24, 2.45) is 11.1 Å². The second kappa shape index (κ2) is 6.68. The molecule has 3 unspecified atom stereocenters. The lowest BCUT2D eigenvalue weighted by Crippen LogP contribution is -2.47. The van der Waals surface area contributed by atoms with Crippen LogP contribution in [0, 0.1) is 11.2 Å². The number of hydrogen-bond acceptors (Lipinski definition) is 2. The molecule has 0 spiro atoms. The SMILES string of the molecule is CCC(N)C(c1ccccc1F)N(C)C(C)C(C)(C)C. The molecule has 0 heterocycles. The van der Waals surface area contributed by atoms with Gasteiger partial charge >= 0.3 is 0 Å². The van der Waals surface area contributed by atoms with Crippen LogP contribution in [0.15, 0.2) is 24.3 Å². The molecule has 1 aromatic rings. The highest BCUT2D eigenvalue weighted by atomic mass is 19.1. The molecular weight excluding hydrogens is 251 g/mol. The van der Waals surface area contributed by atoms with Crippen LogP contribution in [0.5, 0.6) is 0 Å². The zero-order valence-corrected chi connectivity index (χ0v) is 13.7. The van der Waals surface area contributed by atoms with Crippen LogP contribution in [0.4, 0.5) is 4.39 Å². The predicted octanol–water partition coefficient (Wildman–Crippen LogP) is 3.97. The molecule has 0 aliphatic rings. The molecule has 3 heteroatoms. The molecule has 0 bridgehead atoms. The van der Waals surface area contributed by atoms with Crippen molar-refractivity contribution in [1.29, 1.82) is 0 Å². The first-order valence-electron chi connectivity index (χ1n) is 7.42. The van der Waals surface area contributed by atoms with Crippen molar-refractivity contribution in [3.05, 3.63) is 35.6 Å². The van der Waals surface area contributed by atoms with Crippen molar-refractivity contribution in [2.75, 3.05) is 7.05 Å². The number of benzene rings is 1. The maximum Gasteiger partial charge on any atom is 0.128 e. The van der Waals surface area contributed by atoms with Crippen LogP contribution in [0.25, 0.3) is 0 Å². The summed E-state index contributed by atoms with van der Waals surface area (Å²) in [5.41, 5.74) is 7.10. The number of hydrogen-bond donors (Lipinski definition) is 1. The highest BCUT2D eigenvalue weighted by Gasteiger charge is 2.33. The summed E-state index contributed by atoms with van der Waals surface area (Å²) in [6.45, 7) is 10.8. The lowest BCUT2D eigenvalue weighted by Gasteiger charge is -2.42. The number of likely N-dealkylation sites (N-methyl/N-ethyl adjacent to an activating group) is 1. The van der Waals surface area contributed by atoms with E-state index in [2.05, 4.69) is 32.6 Å². The molecule has 0 aliphatic carbocycles. The second-order valence-electron chi connectivity index (χ2n) is 6.75. The Bertz CT molecular complexity index is 425. The molecule has 0 aliphatic heterocycles. The Morgan fingerprint density at radius 1 is 1.25 bits per heavy atom. The monoisotopic (exact) mass is 280 g/mol. The number of rotatable bonds is 5. The Morgan fingerprint density at radius 2 is 1.80 bits per heavy atom. The van der Waals surface area contributed by atoms with E-state index in [1.807, 2.05) is 26.1 Å². The minimum atomic E-state index is -0.172. The zero-order chi connectivity index (χ0) is 15.5. The first-order chi connectivity index (χ1) is 9.20. The third-order valence-corrected chi connectivity index (χ3v) is 4.40. The normalized spacial score (nSPS) is 17.1. The van der Waals surface area contributed by atoms with Crippen molar-refractivity contribution >= 4 is 0 Å². The first-order valence-corrected chi connectivity index (χ1v) is 7.42. The molecule has 2 nitrogen and oxygen atoms in total. The lowest BCUT2D eigenvalue weighted by atomic mass is 9.84. The fourth-order valence-electron chi connectivity index (χ4n) is 2.54. The van der Waals surface area contributed by atoms with Crippen LogP contribution >= 0.6 is 0 Å². The van der Waals surface area contributed by atoms with Crippen LogP contribution in [0.2, 0.25) is 0 Å². The fraction of sp³-hybridized carbons (Fsp3) is 0.647. The Hall–Kier alpha value is -0.930.